The first-order valence-corrected chi connectivity index (χ1v) is 7.52. The summed E-state index contributed by atoms with van der Waals surface area (Å²) in [5.41, 5.74) is 5.28. The van der Waals surface area contributed by atoms with Crippen molar-refractivity contribution in [1.82, 2.24) is 5.32 Å². The van der Waals surface area contributed by atoms with Crippen molar-refractivity contribution in [3.8, 4) is 5.75 Å². The van der Waals surface area contributed by atoms with E-state index >= 15 is 0 Å². The third-order valence-electron chi connectivity index (χ3n) is 4.35. The summed E-state index contributed by atoms with van der Waals surface area (Å²) in [6, 6.07) is 15.5. The molecule has 2 aromatic rings. The van der Waals surface area contributed by atoms with Crippen LogP contribution in [0, 0.1) is 6.92 Å². The number of nitrogens with one attached hydrogen (secondary N) is 1. The first-order valence-electron chi connectivity index (χ1n) is 7.52. The normalized spacial score (nSPS) is 17.1. The summed E-state index contributed by atoms with van der Waals surface area (Å²) in [5, 5.41) is 3.43. The Morgan fingerprint density at radius 3 is 2.38 bits per heavy atom. The van der Waals surface area contributed by atoms with E-state index < -0.39 is 0 Å². The van der Waals surface area contributed by atoms with Gasteiger partial charge in [-0.05, 0) is 37.2 Å². The lowest BCUT2D eigenvalue weighted by Gasteiger charge is -2.21. The van der Waals surface area contributed by atoms with E-state index in [9.17, 15) is 0 Å². The summed E-state index contributed by atoms with van der Waals surface area (Å²) in [7, 11) is 2.01. The van der Waals surface area contributed by atoms with Crippen LogP contribution in [0.25, 0.3) is 0 Å². The average molecular weight is 281 g/mol. The summed E-state index contributed by atoms with van der Waals surface area (Å²) in [6.07, 6.45) is 0. The molecule has 0 amide bonds. The van der Waals surface area contributed by atoms with Gasteiger partial charge >= 0.3 is 0 Å². The molecule has 0 fully saturated rings. The van der Waals surface area contributed by atoms with Crippen LogP contribution >= 0.6 is 0 Å². The molecule has 0 aromatic heterocycles. The zero-order chi connectivity index (χ0) is 15.0. The topological polar surface area (TPSA) is 21.3 Å². The molecule has 21 heavy (non-hydrogen) atoms. The largest absolute Gasteiger partial charge is 0.492 e. The van der Waals surface area contributed by atoms with Crippen LogP contribution < -0.4 is 10.1 Å². The van der Waals surface area contributed by atoms with Crippen molar-refractivity contribution in [3.05, 3.63) is 64.7 Å². The van der Waals surface area contributed by atoms with Crippen LogP contribution in [0.2, 0.25) is 0 Å². The standard InChI is InChI=1S/C19H23NO/c1-13-5-7-14(8-6-13)18(20-4)15-9-10-17-16(11-15)19(2,3)12-21-17/h5-11,18,20H,12H2,1-4H3. The Morgan fingerprint density at radius 2 is 1.71 bits per heavy atom. The van der Waals surface area contributed by atoms with E-state index in [1.54, 1.807) is 0 Å². The van der Waals surface area contributed by atoms with Gasteiger partial charge in [0.1, 0.15) is 5.75 Å². The summed E-state index contributed by atoms with van der Waals surface area (Å²) < 4.78 is 5.78. The molecular weight excluding hydrogens is 258 g/mol. The molecular formula is C19H23NO. The van der Waals surface area contributed by atoms with Gasteiger partial charge in [-0.1, -0.05) is 49.7 Å². The molecule has 0 spiro atoms. The predicted octanol–water partition coefficient (Wildman–Crippen LogP) is 3.97. The molecule has 0 aliphatic carbocycles. The van der Waals surface area contributed by atoms with E-state index in [2.05, 4.69) is 68.6 Å². The molecule has 0 saturated heterocycles. The minimum Gasteiger partial charge on any atom is -0.492 e. The van der Waals surface area contributed by atoms with Crippen molar-refractivity contribution in [1.29, 1.82) is 0 Å². The molecule has 1 heterocycles. The second-order valence-corrected chi connectivity index (χ2v) is 6.56. The SMILES string of the molecule is CNC(c1ccc(C)cc1)c1ccc2c(c1)C(C)(C)CO2. The molecule has 1 aliphatic rings. The van der Waals surface area contributed by atoms with Crippen molar-refractivity contribution in [2.45, 2.75) is 32.2 Å². The fourth-order valence-electron chi connectivity index (χ4n) is 3.00. The van der Waals surface area contributed by atoms with Crippen LogP contribution in [0.3, 0.4) is 0 Å². The molecule has 2 heteroatoms. The molecule has 1 atom stereocenters. The highest BCUT2D eigenvalue weighted by atomic mass is 16.5. The maximum absolute atomic E-state index is 5.78. The van der Waals surface area contributed by atoms with E-state index in [1.807, 2.05) is 7.05 Å². The van der Waals surface area contributed by atoms with Gasteiger partial charge in [0.25, 0.3) is 0 Å². The van der Waals surface area contributed by atoms with Crippen molar-refractivity contribution in [3.63, 3.8) is 0 Å². The van der Waals surface area contributed by atoms with Crippen molar-refractivity contribution >= 4 is 0 Å². The molecule has 2 aromatic carbocycles. The Morgan fingerprint density at radius 1 is 1.05 bits per heavy atom. The fourth-order valence-corrected chi connectivity index (χ4v) is 3.00. The summed E-state index contributed by atoms with van der Waals surface area (Å²) in [4.78, 5) is 0. The monoisotopic (exact) mass is 281 g/mol. The third-order valence-corrected chi connectivity index (χ3v) is 4.35. The lowest BCUT2D eigenvalue weighted by Crippen LogP contribution is -2.20. The molecule has 2 nitrogen and oxygen atoms in total. The average Bonchev–Trinajstić information content (AvgIpc) is 2.77. The van der Waals surface area contributed by atoms with Gasteiger partial charge in [-0.3, -0.25) is 0 Å². The third kappa shape index (κ3) is 2.56. The number of ether oxygens (including phenoxy) is 1. The van der Waals surface area contributed by atoms with Gasteiger partial charge in [-0.15, -0.1) is 0 Å². The van der Waals surface area contributed by atoms with Gasteiger partial charge in [-0.25, -0.2) is 0 Å². The molecule has 1 unspecified atom stereocenters. The van der Waals surface area contributed by atoms with Gasteiger partial charge in [0.15, 0.2) is 0 Å². The number of aryl methyl sites for hydroxylation is 1. The predicted molar refractivity (Wildman–Crippen MR) is 87.0 cm³/mol. The number of fused-ring (bicyclic) bond motifs is 1. The second kappa shape index (κ2) is 5.19. The van der Waals surface area contributed by atoms with E-state index in [1.165, 1.54) is 22.3 Å². The van der Waals surface area contributed by atoms with Crippen LogP contribution in [0.5, 0.6) is 5.75 Å². The number of hydrogen-bond acceptors (Lipinski definition) is 2. The van der Waals surface area contributed by atoms with Crippen LogP contribution in [-0.2, 0) is 5.41 Å². The van der Waals surface area contributed by atoms with Crippen LogP contribution in [-0.4, -0.2) is 13.7 Å². The molecule has 1 aliphatic heterocycles. The summed E-state index contributed by atoms with van der Waals surface area (Å²) in [6.45, 7) is 7.36. The zero-order valence-electron chi connectivity index (χ0n) is 13.2. The zero-order valence-corrected chi connectivity index (χ0v) is 13.2. The first-order chi connectivity index (χ1) is 10.0. The van der Waals surface area contributed by atoms with Gasteiger partial charge in [0.2, 0.25) is 0 Å². The number of benzene rings is 2. The van der Waals surface area contributed by atoms with Gasteiger partial charge in [-0.2, -0.15) is 0 Å². The minimum atomic E-state index is 0.0942. The number of hydrogen-bond donors (Lipinski definition) is 1. The highest BCUT2D eigenvalue weighted by molar-refractivity contribution is 5.47. The number of rotatable bonds is 3. The highest BCUT2D eigenvalue weighted by Gasteiger charge is 2.32. The second-order valence-electron chi connectivity index (χ2n) is 6.56. The fraction of sp³-hybridized carbons (Fsp3) is 0.368. The lowest BCUT2D eigenvalue weighted by atomic mass is 9.84. The minimum absolute atomic E-state index is 0.0942. The molecule has 0 saturated carbocycles. The van der Waals surface area contributed by atoms with E-state index in [-0.39, 0.29) is 11.5 Å². The smallest absolute Gasteiger partial charge is 0.123 e. The molecule has 0 radical (unpaired) electrons. The lowest BCUT2D eigenvalue weighted by molar-refractivity contribution is 0.291. The van der Waals surface area contributed by atoms with Gasteiger partial charge in [0.05, 0.1) is 12.6 Å². The Kier molecular flexibility index (Phi) is 3.50. The summed E-state index contributed by atoms with van der Waals surface area (Å²) >= 11 is 0. The van der Waals surface area contributed by atoms with Crippen molar-refractivity contribution in [2.75, 3.05) is 13.7 Å². The van der Waals surface area contributed by atoms with E-state index in [4.69, 9.17) is 4.74 Å². The van der Waals surface area contributed by atoms with Gasteiger partial charge < -0.3 is 10.1 Å². The van der Waals surface area contributed by atoms with E-state index in [0.717, 1.165) is 12.4 Å². The van der Waals surface area contributed by atoms with E-state index in [0.29, 0.717) is 0 Å². The highest BCUT2D eigenvalue weighted by Crippen LogP contribution is 2.40. The Labute approximate surface area is 127 Å². The van der Waals surface area contributed by atoms with Crippen molar-refractivity contribution < 1.29 is 4.74 Å². The molecule has 0 bridgehead atoms. The molecule has 1 N–H and O–H groups in total. The van der Waals surface area contributed by atoms with Gasteiger partial charge in [0, 0.05) is 11.0 Å². The maximum atomic E-state index is 5.78. The quantitative estimate of drug-likeness (QED) is 0.919. The van der Waals surface area contributed by atoms with Crippen LogP contribution in [0.15, 0.2) is 42.5 Å². The Hall–Kier alpha value is -1.80. The van der Waals surface area contributed by atoms with Crippen LogP contribution in [0.4, 0.5) is 0 Å². The van der Waals surface area contributed by atoms with Crippen molar-refractivity contribution in [2.24, 2.45) is 0 Å². The van der Waals surface area contributed by atoms with Crippen LogP contribution in [0.1, 0.15) is 42.1 Å². The molecule has 110 valence electrons. The Bertz CT molecular complexity index is 643. The maximum Gasteiger partial charge on any atom is 0.123 e. The molecule has 3 rings (SSSR count). The summed E-state index contributed by atoms with van der Waals surface area (Å²) in [5.74, 6) is 1.03. The Balaban J connectivity index is 2.01. The first kappa shape index (κ1) is 14.2.